The molecule has 0 radical (unpaired) electrons. The number of amides is 2. The van der Waals surface area contributed by atoms with Crippen LogP contribution < -0.4 is 10.9 Å². The number of carbonyl (C=O) groups excluding carboxylic acids is 2. The molecule has 4 bridgehead atoms. The first-order chi connectivity index (χ1) is 11.8. The highest BCUT2D eigenvalue weighted by Gasteiger charge is 2.57. The molecular formula is C19H23ClN2O3. The minimum atomic E-state index is -0.573. The summed E-state index contributed by atoms with van der Waals surface area (Å²) in [5, 5.41) is 11.3. The topological polar surface area (TPSA) is 78.4 Å². The van der Waals surface area contributed by atoms with Crippen molar-refractivity contribution < 1.29 is 14.7 Å². The van der Waals surface area contributed by atoms with Gasteiger partial charge < -0.3 is 5.11 Å². The van der Waals surface area contributed by atoms with Gasteiger partial charge in [-0.3, -0.25) is 20.4 Å². The number of halogens is 1. The molecule has 0 aliphatic heterocycles. The maximum atomic E-state index is 12.4. The molecule has 2 amide bonds. The molecule has 1 aromatic rings. The fourth-order valence-electron chi connectivity index (χ4n) is 5.79. The Morgan fingerprint density at radius 2 is 1.72 bits per heavy atom. The number of rotatable bonds is 3. The Labute approximate surface area is 152 Å². The van der Waals surface area contributed by atoms with Crippen LogP contribution in [0.15, 0.2) is 24.3 Å². The molecule has 4 aliphatic rings. The number of carbonyl (C=O) groups is 2. The summed E-state index contributed by atoms with van der Waals surface area (Å²) in [6.45, 7) is 0. The molecule has 0 heterocycles. The Balaban J connectivity index is 1.35. The number of nitrogens with one attached hydrogen (secondary N) is 2. The predicted octanol–water partition coefficient (Wildman–Crippen LogP) is 2.82. The van der Waals surface area contributed by atoms with Crippen molar-refractivity contribution in [3.05, 3.63) is 34.9 Å². The van der Waals surface area contributed by atoms with Crippen LogP contribution in [0.2, 0.25) is 5.02 Å². The van der Waals surface area contributed by atoms with Crippen molar-refractivity contribution in [1.82, 2.24) is 10.9 Å². The molecule has 2 unspecified atom stereocenters. The lowest BCUT2D eigenvalue weighted by molar-refractivity contribution is -0.169. The van der Waals surface area contributed by atoms with E-state index in [1.54, 1.807) is 24.3 Å². The van der Waals surface area contributed by atoms with Crippen LogP contribution >= 0.6 is 11.6 Å². The average molecular weight is 363 g/mol. The smallest absolute Gasteiger partial charge is 0.269 e. The van der Waals surface area contributed by atoms with Crippen LogP contribution in [0, 0.1) is 17.3 Å². The largest absolute Gasteiger partial charge is 0.390 e. The van der Waals surface area contributed by atoms with E-state index in [1.807, 2.05) is 0 Å². The van der Waals surface area contributed by atoms with Crippen LogP contribution in [0.25, 0.3) is 0 Å². The second-order valence-electron chi connectivity index (χ2n) is 8.37. The van der Waals surface area contributed by atoms with E-state index in [0.717, 1.165) is 25.7 Å². The van der Waals surface area contributed by atoms with E-state index in [0.29, 0.717) is 35.3 Å². The molecule has 4 atom stereocenters. The first-order valence-corrected chi connectivity index (χ1v) is 9.30. The molecule has 4 aliphatic carbocycles. The van der Waals surface area contributed by atoms with E-state index in [9.17, 15) is 14.7 Å². The fourth-order valence-corrected chi connectivity index (χ4v) is 5.92. The Morgan fingerprint density at radius 1 is 1.08 bits per heavy atom. The second-order valence-corrected chi connectivity index (χ2v) is 8.81. The van der Waals surface area contributed by atoms with Crippen molar-refractivity contribution in [1.29, 1.82) is 0 Å². The molecule has 5 rings (SSSR count). The standard InChI is InChI=1S/C19H23ClN2O3/c20-15-3-1-14(2-4-15)17(24)22-21-16(23)10-18-6-12-5-13(7-18)9-19(25,8-12)11-18/h1-4,12-13,25H,5-11H2,(H,21,23)(H,22,24)/t12-,13+,18?,19?. The number of hydrazine groups is 1. The van der Waals surface area contributed by atoms with Crippen molar-refractivity contribution in [3.8, 4) is 0 Å². The van der Waals surface area contributed by atoms with E-state index in [1.165, 1.54) is 6.42 Å². The predicted molar refractivity (Wildman–Crippen MR) is 93.7 cm³/mol. The van der Waals surface area contributed by atoms with E-state index >= 15 is 0 Å². The third-order valence-corrected chi connectivity index (χ3v) is 6.36. The van der Waals surface area contributed by atoms with Gasteiger partial charge in [-0.1, -0.05) is 11.6 Å². The molecule has 4 fully saturated rings. The van der Waals surface area contributed by atoms with Gasteiger partial charge in [-0.15, -0.1) is 0 Å². The molecule has 0 spiro atoms. The molecule has 0 aromatic heterocycles. The molecular weight excluding hydrogens is 340 g/mol. The highest BCUT2D eigenvalue weighted by molar-refractivity contribution is 6.30. The van der Waals surface area contributed by atoms with E-state index in [-0.39, 0.29) is 17.2 Å². The number of hydrogen-bond acceptors (Lipinski definition) is 3. The summed E-state index contributed by atoms with van der Waals surface area (Å²) in [7, 11) is 0. The van der Waals surface area contributed by atoms with E-state index in [4.69, 9.17) is 11.6 Å². The van der Waals surface area contributed by atoms with Crippen molar-refractivity contribution >= 4 is 23.4 Å². The van der Waals surface area contributed by atoms with Crippen LogP contribution in [0.3, 0.4) is 0 Å². The highest BCUT2D eigenvalue weighted by atomic mass is 35.5. The monoisotopic (exact) mass is 362 g/mol. The summed E-state index contributed by atoms with van der Waals surface area (Å²) in [4.78, 5) is 24.5. The minimum absolute atomic E-state index is 0.103. The second kappa shape index (κ2) is 5.99. The van der Waals surface area contributed by atoms with Gasteiger partial charge in [0.25, 0.3) is 5.91 Å². The van der Waals surface area contributed by atoms with Gasteiger partial charge in [0.2, 0.25) is 5.91 Å². The number of benzene rings is 1. The van der Waals surface area contributed by atoms with Gasteiger partial charge in [0.15, 0.2) is 0 Å². The van der Waals surface area contributed by atoms with Crippen molar-refractivity contribution in [3.63, 3.8) is 0 Å². The van der Waals surface area contributed by atoms with Crippen LogP contribution in [0.5, 0.6) is 0 Å². The Hall–Kier alpha value is -1.59. The van der Waals surface area contributed by atoms with Gasteiger partial charge in [-0.25, -0.2) is 0 Å². The molecule has 4 saturated carbocycles. The Morgan fingerprint density at radius 3 is 2.32 bits per heavy atom. The van der Waals surface area contributed by atoms with Gasteiger partial charge in [-0.05, 0) is 80.0 Å². The molecule has 25 heavy (non-hydrogen) atoms. The van der Waals surface area contributed by atoms with Gasteiger partial charge in [-0.2, -0.15) is 0 Å². The molecule has 3 N–H and O–H groups in total. The molecule has 1 aromatic carbocycles. The third kappa shape index (κ3) is 3.40. The zero-order valence-corrected chi connectivity index (χ0v) is 14.8. The summed E-state index contributed by atoms with van der Waals surface area (Å²) < 4.78 is 0. The summed E-state index contributed by atoms with van der Waals surface area (Å²) >= 11 is 5.81. The van der Waals surface area contributed by atoms with Crippen molar-refractivity contribution in [2.45, 2.75) is 50.5 Å². The summed E-state index contributed by atoms with van der Waals surface area (Å²) in [5.74, 6) is 0.535. The normalized spacial score (nSPS) is 35.4. The molecule has 6 heteroatoms. The van der Waals surface area contributed by atoms with Gasteiger partial charge >= 0.3 is 0 Å². The quantitative estimate of drug-likeness (QED) is 0.723. The van der Waals surface area contributed by atoms with Crippen LogP contribution in [-0.2, 0) is 4.79 Å². The summed E-state index contributed by atoms with van der Waals surface area (Å²) in [6, 6.07) is 6.49. The lowest BCUT2D eigenvalue weighted by Gasteiger charge is -2.60. The Bertz CT molecular complexity index is 689. The average Bonchev–Trinajstić information content (AvgIpc) is 2.50. The Kier molecular flexibility index (Phi) is 4.04. The number of hydrogen-bond donors (Lipinski definition) is 3. The van der Waals surface area contributed by atoms with E-state index in [2.05, 4.69) is 10.9 Å². The molecule has 134 valence electrons. The first-order valence-electron chi connectivity index (χ1n) is 8.92. The lowest BCUT2D eigenvalue weighted by atomic mass is 9.47. The third-order valence-electron chi connectivity index (χ3n) is 6.11. The van der Waals surface area contributed by atoms with Crippen LogP contribution in [0.4, 0.5) is 0 Å². The van der Waals surface area contributed by atoms with Gasteiger partial charge in [0.05, 0.1) is 5.60 Å². The zero-order chi connectivity index (χ0) is 17.7. The highest BCUT2D eigenvalue weighted by Crippen LogP contribution is 2.62. The molecule has 0 saturated heterocycles. The van der Waals surface area contributed by atoms with Crippen LogP contribution in [-0.4, -0.2) is 22.5 Å². The van der Waals surface area contributed by atoms with Crippen molar-refractivity contribution in [2.75, 3.05) is 0 Å². The maximum absolute atomic E-state index is 12.4. The van der Waals surface area contributed by atoms with Gasteiger partial charge in [0, 0.05) is 17.0 Å². The maximum Gasteiger partial charge on any atom is 0.269 e. The van der Waals surface area contributed by atoms with Crippen LogP contribution in [0.1, 0.15) is 55.3 Å². The summed E-state index contributed by atoms with van der Waals surface area (Å²) in [5.41, 5.74) is 4.76. The fraction of sp³-hybridized carbons (Fsp3) is 0.579. The first kappa shape index (κ1) is 16.9. The molecule has 5 nitrogen and oxygen atoms in total. The van der Waals surface area contributed by atoms with Crippen molar-refractivity contribution in [2.24, 2.45) is 17.3 Å². The zero-order valence-electron chi connectivity index (χ0n) is 14.1. The summed E-state index contributed by atoms with van der Waals surface area (Å²) in [6.07, 6.45) is 6.09. The number of aliphatic hydroxyl groups is 1. The van der Waals surface area contributed by atoms with E-state index < -0.39 is 5.60 Å². The SMILES string of the molecule is O=C(CC12C[C@@H]3C[C@@H](CC(O)(C3)C1)C2)NNC(=O)c1ccc(Cl)cc1. The van der Waals surface area contributed by atoms with Gasteiger partial charge in [0.1, 0.15) is 0 Å². The lowest BCUT2D eigenvalue weighted by Crippen LogP contribution is -2.57. The minimum Gasteiger partial charge on any atom is -0.390 e.